The van der Waals surface area contributed by atoms with Gasteiger partial charge in [-0.1, -0.05) is 24.8 Å². The van der Waals surface area contributed by atoms with Gasteiger partial charge in [0.05, 0.1) is 21.0 Å². The van der Waals surface area contributed by atoms with Gasteiger partial charge in [-0.2, -0.15) is 5.10 Å². The molecule has 0 aliphatic heterocycles. The van der Waals surface area contributed by atoms with E-state index in [0.717, 1.165) is 29.3 Å². The summed E-state index contributed by atoms with van der Waals surface area (Å²) in [6.45, 7) is 4.80. The first kappa shape index (κ1) is 19.3. The highest BCUT2D eigenvalue weighted by atomic mass is 32.1. The van der Waals surface area contributed by atoms with Crippen LogP contribution in [0.5, 0.6) is 0 Å². The third-order valence-corrected chi connectivity index (χ3v) is 5.67. The molecule has 0 saturated heterocycles. The summed E-state index contributed by atoms with van der Waals surface area (Å²) in [6.07, 6.45) is 1.28. The van der Waals surface area contributed by atoms with Crippen LogP contribution in [-0.4, -0.2) is 41.8 Å². The van der Waals surface area contributed by atoms with Crippen LogP contribution >= 0.6 is 11.3 Å². The monoisotopic (exact) mass is 399 g/mol. The predicted octanol–water partition coefficient (Wildman–Crippen LogP) is 4.14. The summed E-state index contributed by atoms with van der Waals surface area (Å²) in [5.74, 6) is -1.34. The Bertz CT molecular complexity index is 889. The lowest BCUT2D eigenvalue weighted by Gasteiger charge is -2.47. The minimum absolute atomic E-state index is 0.00357. The van der Waals surface area contributed by atoms with Gasteiger partial charge in [0.25, 0.3) is 12.3 Å². The summed E-state index contributed by atoms with van der Waals surface area (Å²) in [6, 6.07) is 1.02. The number of rotatable bonds is 6. The lowest BCUT2D eigenvalue weighted by Crippen LogP contribution is -2.62. The van der Waals surface area contributed by atoms with Crippen LogP contribution in [0.15, 0.2) is 41.5 Å². The smallest absolute Gasteiger partial charge is 0.278 e. The topological polar surface area (TPSA) is 44.7 Å². The predicted molar refractivity (Wildman–Crippen MR) is 97.1 cm³/mol. The van der Waals surface area contributed by atoms with E-state index in [1.807, 2.05) is 0 Å². The molecule has 1 saturated carbocycles. The van der Waals surface area contributed by atoms with E-state index in [9.17, 15) is 22.4 Å². The van der Waals surface area contributed by atoms with E-state index in [4.69, 9.17) is 0 Å². The number of hydrazone groups is 1. The van der Waals surface area contributed by atoms with Crippen LogP contribution in [0.4, 0.5) is 17.6 Å². The van der Waals surface area contributed by atoms with Crippen molar-refractivity contribution < 1.29 is 22.4 Å². The summed E-state index contributed by atoms with van der Waals surface area (Å²) in [7, 11) is 1.36. The van der Waals surface area contributed by atoms with Crippen molar-refractivity contribution in [3.05, 3.63) is 52.0 Å². The van der Waals surface area contributed by atoms with Crippen LogP contribution in [0.3, 0.4) is 0 Å². The highest BCUT2D eigenvalue weighted by Crippen LogP contribution is 2.44. The molecule has 0 aromatic carbocycles. The Morgan fingerprint density at radius 2 is 2.22 bits per heavy atom. The second-order valence-corrected chi connectivity index (χ2v) is 7.49. The van der Waals surface area contributed by atoms with Crippen molar-refractivity contribution in [3.63, 3.8) is 0 Å². The Labute approximate surface area is 157 Å². The summed E-state index contributed by atoms with van der Waals surface area (Å²) in [4.78, 5) is 12.5. The molecule has 2 unspecified atom stereocenters. The number of amides is 1. The lowest BCUT2D eigenvalue weighted by molar-refractivity contribution is 0.0810. The number of hydrogen-bond acceptors (Lipinski definition) is 4. The number of halogens is 4. The fraction of sp³-hybridized carbons (Fsp3) is 0.333. The number of alkyl halides is 3. The van der Waals surface area contributed by atoms with Crippen LogP contribution in [0.1, 0.15) is 27.9 Å². The summed E-state index contributed by atoms with van der Waals surface area (Å²) in [5.41, 5.74) is -0.893. The van der Waals surface area contributed by atoms with Crippen LogP contribution in [0.25, 0.3) is 5.70 Å². The van der Waals surface area contributed by atoms with E-state index in [-0.39, 0.29) is 15.5 Å². The minimum Gasteiger partial charge on any atom is -0.339 e. The van der Waals surface area contributed by atoms with Crippen molar-refractivity contribution in [2.75, 3.05) is 7.05 Å². The molecule has 1 aromatic heterocycles. The van der Waals surface area contributed by atoms with E-state index in [2.05, 4.69) is 17.0 Å². The van der Waals surface area contributed by atoms with Crippen molar-refractivity contribution in [2.24, 2.45) is 5.10 Å². The first-order valence-electron chi connectivity index (χ1n) is 8.05. The standard InChI is InChI=1S/C18H17F4N3OS/c1-9(16(21)22)24-25(3)10(2)14-12(19)7-13(27-14)17(26)23-18-6-4-5-11(8-18)15(18)20/h4-7,15-16H,2,8H2,1,3H3,(H,23,26). The number of thiophene rings is 1. The molecule has 1 heterocycles. The fourth-order valence-corrected chi connectivity index (χ4v) is 3.87. The molecule has 1 aromatic rings. The molecular formula is C18H17F4N3OS. The molecule has 2 atom stereocenters. The second kappa shape index (κ2) is 6.95. The summed E-state index contributed by atoms with van der Waals surface area (Å²) in [5, 5.41) is 7.29. The Morgan fingerprint density at radius 3 is 2.81 bits per heavy atom. The number of nitrogens with zero attached hydrogens (tertiary/aromatic N) is 2. The quantitative estimate of drug-likeness (QED) is 0.444. The molecule has 0 radical (unpaired) electrons. The van der Waals surface area contributed by atoms with Gasteiger partial charge in [0.2, 0.25) is 0 Å². The third kappa shape index (κ3) is 3.43. The van der Waals surface area contributed by atoms with E-state index in [0.29, 0.717) is 12.0 Å². The van der Waals surface area contributed by atoms with Crippen molar-refractivity contribution in [1.82, 2.24) is 10.3 Å². The van der Waals surface area contributed by atoms with Crippen LogP contribution in [0, 0.1) is 5.82 Å². The van der Waals surface area contributed by atoms with Crippen LogP contribution < -0.4 is 5.32 Å². The molecule has 1 amide bonds. The number of nitrogens with one attached hydrogen (secondary N) is 1. The van der Waals surface area contributed by atoms with Gasteiger partial charge < -0.3 is 5.32 Å². The lowest BCUT2D eigenvalue weighted by atomic mass is 9.67. The maximum Gasteiger partial charge on any atom is 0.278 e. The molecule has 9 heteroatoms. The van der Waals surface area contributed by atoms with Gasteiger partial charge in [-0.25, -0.2) is 17.6 Å². The molecular weight excluding hydrogens is 382 g/mol. The maximum atomic E-state index is 14.3. The van der Waals surface area contributed by atoms with Crippen LogP contribution in [-0.2, 0) is 0 Å². The van der Waals surface area contributed by atoms with Crippen molar-refractivity contribution >= 4 is 28.7 Å². The van der Waals surface area contributed by atoms with Crippen LogP contribution in [0.2, 0.25) is 0 Å². The Morgan fingerprint density at radius 1 is 1.52 bits per heavy atom. The third-order valence-electron chi connectivity index (χ3n) is 4.51. The summed E-state index contributed by atoms with van der Waals surface area (Å²) < 4.78 is 53.6. The zero-order valence-electron chi connectivity index (χ0n) is 14.6. The van der Waals surface area contributed by atoms with E-state index in [1.54, 1.807) is 18.2 Å². The number of allylic oxidation sites excluding steroid dienone is 2. The molecule has 3 aliphatic carbocycles. The number of fused-ring (bicyclic) bond motifs is 1. The van der Waals surface area contributed by atoms with Crippen molar-refractivity contribution in [2.45, 2.75) is 31.5 Å². The van der Waals surface area contributed by atoms with Gasteiger partial charge >= 0.3 is 0 Å². The molecule has 3 aliphatic rings. The van der Waals surface area contributed by atoms with Gasteiger partial charge in [-0.05, 0) is 18.6 Å². The van der Waals surface area contributed by atoms with Gasteiger partial charge in [0.15, 0.2) is 0 Å². The first-order chi connectivity index (χ1) is 12.6. The number of carbonyl (C=O) groups is 1. The largest absolute Gasteiger partial charge is 0.339 e. The highest BCUT2D eigenvalue weighted by molar-refractivity contribution is 7.15. The molecule has 27 heavy (non-hydrogen) atoms. The van der Waals surface area contributed by atoms with E-state index < -0.39 is 35.6 Å². The molecule has 0 spiro atoms. The van der Waals surface area contributed by atoms with Gasteiger partial charge in [-0.15, -0.1) is 11.3 Å². The second-order valence-electron chi connectivity index (χ2n) is 6.43. The van der Waals surface area contributed by atoms with Crippen molar-refractivity contribution in [3.8, 4) is 0 Å². The molecule has 2 bridgehead atoms. The fourth-order valence-electron chi connectivity index (χ4n) is 2.93. The minimum atomic E-state index is -2.74. The number of hydrogen-bond donors (Lipinski definition) is 1. The molecule has 1 N–H and O–H groups in total. The molecule has 1 fully saturated rings. The average molecular weight is 399 g/mol. The van der Waals surface area contributed by atoms with Gasteiger partial charge in [-0.3, -0.25) is 9.80 Å². The Balaban J connectivity index is 1.75. The first-order valence-corrected chi connectivity index (χ1v) is 8.86. The SMILES string of the molecule is C=C(c1sc(C(=O)NC23C=CC=C(C2)C3F)cc1F)N(C)N=C(C)C(F)F. The average Bonchev–Trinajstić information content (AvgIpc) is 3.02. The zero-order chi connectivity index (χ0) is 19.9. The number of carbonyl (C=O) groups excluding carboxylic acids is 1. The van der Waals surface area contributed by atoms with E-state index in [1.165, 1.54) is 7.05 Å². The molecule has 4 rings (SSSR count). The zero-order valence-corrected chi connectivity index (χ0v) is 15.4. The Kier molecular flexibility index (Phi) is 4.98. The maximum absolute atomic E-state index is 14.3. The summed E-state index contributed by atoms with van der Waals surface area (Å²) >= 11 is 0.799. The van der Waals surface area contributed by atoms with E-state index >= 15 is 0 Å². The molecule has 4 nitrogen and oxygen atoms in total. The molecule has 144 valence electrons. The van der Waals surface area contributed by atoms with Gasteiger partial charge in [0.1, 0.15) is 17.7 Å². The normalized spacial score (nSPS) is 23.7. The Hall–Kier alpha value is -2.42. The van der Waals surface area contributed by atoms with Crippen molar-refractivity contribution in [1.29, 1.82) is 0 Å². The highest BCUT2D eigenvalue weighted by Gasteiger charge is 2.52. The van der Waals surface area contributed by atoms with Gasteiger partial charge in [0, 0.05) is 13.5 Å².